The Labute approximate surface area is 148 Å². The highest BCUT2D eigenvalue weighted by Crippen LogP contribution is 2.25. The first-order valence-corrected chi connectivity index (χ1v) is 9.88. The zero-order valence-electron chi connectivity index (χ0n) is 14.6. The second-order valence-corrected chi connectivity index (χ2v) is 8.41. The monoisotopic (exact) mass is 362 g/mol. The molecule has 0 spiro atoms. The van der Waals surface area contributed by atoms with Gasteiger partial charge in [0.05, 0.1) is 18.6 Å². The number of anilines is 3. The molecular weight excluding hydrogens is 340 g/mol. The maximum absolute atomic E-state index is 11.7. The Morgan fingerprint density at radius 1 is 1.24 bits per heavy atom. The van der Waals surface area contributed by atoms with Crippen LogP contribution < -0.4 is 15.0 Å². The molecule has 1 fully saturated rings. The molecule has 1 aromatic carbocycles. The molecular formula is C17H22N4O3S. The molecule has 0 bridgehead atoms. The van der Waals surface area contributed by atoms with E-state index in [4.69, 9.17) is 4.74 Å². The van der Waals surface area contributed by atoms with Crippen LogP contribution in [-0.2, 0) is 9.84 Å². The number of aromatic nitrogens is 2. The molecule has 7 nitrogen and oxygen atoms in total. The van der Waals surface area contributed by atoms with Gasteiger partial charge in [-0.2, -0.15) is 0 Å². The predicted molar refractivity (Wildman–Crippen MR) is 98.5 cm³/mol. The fourth-order valence-corrected chi connectivity index (χ4v) is 4.66. The largest absolute Gasteiger partial charge is 0.497 e. The second-order valence-electron chi connectivity index (χ2n) is 6.18. The zero-order valence-corrected chi connectivity index (χ0v) is 15.4. The lowest BCUT2D eigenvalue weighted by atomic mass is 10.2. The summed E-state index contributed by atoms with van der Waals surface area (Å²) in [5.74, 6) is 3.20. The van der Waals surface area contributed by atoms with Crippen molar-refractivity contribution in [1.29, 1.82) is 0 Å². The summed E-state index contributed by atoms with van der Waals surface area (Å²) in [5, 5.41) is 3.25. The second kappa shape index (κ2) is 6.87. The van der Waals surface area contributed by atoms with Crippen molar-refractivity contribution in [3.05, 3.63) is 36.2 Å². The van der Waals surface area contributed by atoms with Gasteiger partial charge in [0.25, 0.3) is 0 Å². The maximum Gasteiger partial charge on any atom is 0.152 e. The summed E-state index contributed by atoms with van der Waals surface area (Å²) >= 11 is 0. The Kier molecular flexibility index (Phi) is 4.80. The van der Waals surface area contributed by atoms with Crippen molar-refractivity contribution in [2.75, 3.05) is 35.9 Å². The van der Waals surface area contributed by atoms with Crippen LogP contribution in [0.3, 0.4) is 0 Å². The van der Waals surface area contributed by atoms with E-state index in [1.807, 2.05) is 49.2 Å². The van der Waals surface area contributed by atoms with Crippen LogP contribution in [0.1, 0.15) is 12.2 Å². The zero-order chi connectivity index (χ0) is 18.0. The van der Waals surface area contributed by atoms with E-state index in [1.165, 1.54) is 0 Å². The summed E-state index contributed by atoms with van der Waals surface area (Å²) in [5.41, 5.74) is 0.885. The van der Waals surface area contributed by atoms with E-state index in [9.17, 15) is 8.42 Å². The quantitative estimate of drug-likeness (QED) is 0.872. The molecule has 25 heavy (non-hydrogen) atoms. The van der Waals surface area contributed by atoms with E-state index in [0.29, 0.717) is 23.9 Å². The van der Waals surface area contributed by atoms with Gasteiger partial charge in [-0.1, -0.05) is 0 Å². The van der Waals surface area contributed by atoms with Crippen molar-refractivity contribution >= 4 is 27.2 Å². The molecule has 1 atom stereocenters. The fourth-order valence-electron chi connectivity index (χ4n) is 2.89. The highest BCUT2D eigenvalue weighted by Gasteiger charge is 2.31. The summed E-state index contributed by atoms with van der Waals surface area (Å²) in [6.45, 7) is 1.82. The van der Waals surface area contributed by atoms with E-state index < -0.39 is 9.84 Å². The highest BCUT2D eigenvalue weighted by molar-refractivity contribution is 7.91. The SMILES string of the molecule is COc1ccc(Nc2cc(N(C)C3CCS(=O)(=O)C3)nc(C)n2)cc1. The average molecular weight is 362 g/mol. The first kappa shape index (κ1) is 17.5. The Morgan fingerprint density at radius 3 is 2.56 bits per heavy atom. The lowest BCUT2D eigenvalue weighted by molar-refractivity contribution is 0.415. The van der Waals surface area contributed by atoms with Crippen LogP contribution in [-0.4, -0.2) is 50.1 Å². The van der Waals surface area contributed by atoms with Crippen LogP contribution in [0.25, 0.3) is 0 Å². The minimum Gasteiger partial charge on any atom is -0.497 e. The molecule has 1 N–H and O–H groups in total. The third kappa shape index (κ3) is 4.19. The average Bonchev–Trinajstić information content (AvgIpc) is 2.94. The Balaban J connectivity index is 1.80. The minimum absolute atomic E-state index is 0.0480. The summed E-state index contributed by atoms with van der Waals surface area (Å²) in [6, 6.07) is 9.34. The lowest BCUT2D eigenvalue weighted by Gasteiger charge is -2.25. The van der Waals surface area contributed by atoms with E-state index in [1.54, 1.807) is 7.11 Å². The molecule has 8 heteroatoms. The molecule has 0 aliphatic carbocycles. The van der Waals surface area contributed by atoms with Crippen LogP contribution in [0, 0.1) is 6.92 Å². The third-order valence-corrected chi connectivity index (χ3v) is 6.05. The van der Waals surface area contributed by atoms with E-state index in [2.05, 4.69) is 15.3 Å². The van der Waals surface area contributed by atoms with Gasteiger partial charge < -0.3 is 15.0 Å². The summed E-state index contributed by atoms with van der Waals surface area (Å²) < 4.78 is 28.6. The van der Waals surface area contributed by atoms with Gasteiger partial charge in [0, 0.05) is 24.8 Å². The molecule has 0 amide bonds. The third-order valence-electron chi connectivity index (χ3n) is 4.30. The topological polar surface area (TPSA) is 84.4 Å². The Hall–Kier alpha value is -2.35. The van der Waals surface area contributed by atoms with Crippen LogP contribution in [0.5, 0.6) is 5.75 Å². The number of aryl methyl sites for hydroxylation is 1. The predicted octanol–water partition coefficient (Wildman–Crippen LogP) is 2.16. The maximum atomic E-state index is 11.7. The number of nitrogens with zero attached hydrogens (tertiary/aromatic N) is 3. The van der Waals surface area contributed by atoms with Crippen molar-refractivity contribution in [2.45, 2.75) is 19.4 Å². The van der Waals surface area contributed by atoms with Crippen molar-refractivity contribution in [1.82, 2.24) is 9.97 Å². The molecule has 1 aliphatic heterocycles. The molecule has 2 aromatic rings. The van der Waals surface area contributed by atoms with Crippen molar-refractivity contribution in [3.8, 4) is 5.75 Å². The summed E-state index contributed by atoms with van der Waals surface area (Å²) in [7, 11) is 0.569. The van der Waals surface area contributed by atoms with Crippen LogP contribution in [0.15, 0.2) is 30.3 Å². The van der Waals surface area contributed by atoms with E-state index >= 15 is 0 Å². The van der Waals surface area contributed by atoms with Crippen LogP contribution in [0.4, 0.5) is 17.3 Å². The number of hydrogen-bond acceptors (Lipinski definition) is 7. The van der Waals surface area contributed by atoms with Gasteiger partial charge in [-0.3, -0.25) is 0 Å². The number of benzene rings is 1. The molecule has 0 radical (unpaired) electrons. The Bertz CT molecular complexity index is 853. The minimum atomic E-state index is -2.94. The van der Waals surface area contributed by atoms with Crippen molar-refractivity contribution in [2.24, 2.45) is 0 Å². The van der Waals surface area contributed by atoms with Gasteiger partial charge in [-0.25, -0.2) is 18.4 Å². The van der Waals surface area contributed by atoms with Gasteiger partial charge in [-0.15, -0.1) is 0 Å². The number of nitrogens with one attached hydrogen (secondary N) is 1. The normalized spacial score (nSPS) is 18.8. The first-order valence-electron chi connectivity index (χ1n) is 8.06. The van der Waals surface area contributed by atoms with E-state index in [0.717, 1.165) is 11.4 Å². The van der Waals surface area contributed by atoms with Gasteiger partial charge in [0.2, 0.25) is 0 Å². The number of methoxy groups -OCH3 is 1. The fraction of sp³-hybridized carbons (Fsp3) is 0.412. The molecule has 1 aromatic heterocycles. The smallest absolute Gasteiger partial charge is 0.152 e. The van der Waals surface area contributed by atoms with Gasteiger partial charge >= 0.3 is 0 Å². The standard InChI is InChI=1S/C17H22N4O3S/c1-12-18-16(20-13-4-6-15(24-3)7-5-13)10-17(19-12)21(2)14-8-9-25(22,23)11-14/h4-7,10,14H,8-9,11H2,1-3H3,(H,18,19,20). The first-order chi connectivity index (χ1) is 11.9. The molecule has 134 valence electrons. The van der Waals surface area contributed by atoms with E-state index in [-0.39, 0.29) is 17.5 Å². The lowest BCUT2D eigenvalue weighted by Crippen LogP contribution is -2.33. The molecule has 1 saturated heterocycles. The molecule has 3 rings (SSSR count). The number of rotatable bonds is 5. The molecule has 1 unspecified atom stereocenters. The number of ether oxygens (including phenoxy) is 1. The molecule has 1 aliphatic rings. The van der Waals surface area contributed by atoms with Crippen LogP contribution in [0.2, 0.25) is 0 Å². The Morgan fingerprint density at radius 2 is 1.96 bits per heavy atom. The van der Waals surface area contributed by atoms with Crippen molar-refractivity contribution < 1.29 is 13.2 Å². The van der Waals surface area contributed by atoms with Gasteiger partial charge in [0.1, 0.15) is 23.2 Å². The molecule has 2 heterocycles. The van der Waals surface area contributed by atoms with Gasteiger partial charge in [0.15, 0.2) is 9.84 Å². The van der Waals surface area contributed by atoms with Crippen LogP contribution >= 0.6 is 0 Å². The summed E-state index contributed by atoms with van der Waals surface area (Å²) in [6.07, 6.45) is 0.628. The highest BCUT2D eigenvalue weighted by atomic mass is 32.2. The van der Waals surface area contributed by atoms with Crippen molar-refractivity contribution in [3.63, 3.8) is 0 Å². The number of sulfone groups is 1. The molecule has 0 saturated carbocycles. The van der Waals surface area contributed by atoms with Gasteiger partial charge in [-0.05, 0) is 37.6 Å². The number of hydrogen-bond donors (Lipinski definition) is 1. The summed E-state index contributed by atoms with van der Waals surface area (Å²) in [4.78, 5) is 10.8.